The number of hydrogen-bond donors (Lipinski definition) is 1. The summed E-state index contributed by atoms with van der Waals surface area (Å²) in [7, 11) is 1.61. The monoisotopic (exact) mass is 273 g/mol. The van der Waals surface area contributed by atoms with Crippen molar-refractivity contribution < 1.29 is 9.13 Å². The van der Waals surface area contributed by atoms with Gasteiger partial charge in [-0.05, 0) is 42.3 Å². The highest BCUT2D eigenvalue weighted by molar-refractivity contribution is 5.66. The lowest BCUT2D eigenvalue weighted by Gasteiger charge is -2.08. The Labute approximate surface area is 119 Å². The molecule has 3 heteroatoms. The van der Waals surface area contributed by atoms with E-state index in [4.69, 9.17) is 4.74 Å². The molecule has 0 aromatic heterocycles. The van der Waals surface area contributed by atoms with E-state index in [1.54, 1.807) is 13.2 Å². The molecule has 2 aromatic rings. The Morgan fingerprint density at radius 2 is 2.00 bits per heavy atom. The van der Waals surface area contributed by atoms with E-state index in [1.165, 1.54) is 0 Å². The molecule has 0 radical (unpaired) electrons. The summed E-state index contributed by atoms with van der Waals surface area (Å²) < 4.78 is 19.4. The summed E-state index contributed by atoms with van der Waals surface area (Å²) in [4.78, 5) is 0. The third-order valence-corrected chi connectivity index (χ3v) is 3.17. The number of hydrogen-bond acceptors (Lipinski definition) is 2. The molecule has 0 aliphatic carbocycles. The molecule has 106 valence electrons. The smallest absolute Gasteiger partial charge is 0.131 e. The molecule has 0 aliphatic heterocycles. The molecule has 2 nitrogen and oxygen atoms in total. The minimum absolute atomic E-state index is 0.200. The first kappa shape index (κ1) is 14.5. The molecule has 0 saturated carbocycles. The Balaban J connectivity index is 2.20. The predicted molar refractivity (Wildman–Crippen MR) is 80.4 cm³/mol. The molecule has 0 atom stereocenters. The summed E-state index contributed by atoms with van der Waals surface area (Å²) in [5.74, 6) is 0.532. The van der Waals surface area contributed by atoms with Crippen LogP contribution in [-0.4, -0.2) is 13.7 Å². The van der Waals surface area contributed by atoms with Crippen LogP contribution in [0.5, 0.6) is 5.75 Å². The summed E-state index contributed by atoms with van der Waals surface area (Å²) in [5.41, 5.74) is 2.39. The zero-order valence-electron chi connectivity index (χ0n) is 11.9. The molecule has 2 rings (SSSR count). The molecule has 0 bridgehead atoms. The normalized spacial score (nSPS) is 10.6. The van der Waals surface area contributed by atoms with Crippen molar-refractivity contribution in [2.75, 3.05) is 13.7 Å². The van der Waals surface area contributed by atoms with Crippen LogP contribution >= 0.6 is 0 Å². The van der Waals surface area contributed by atoms with Gasteiger partial charge in [-0.1, -0.05) is 31.2 Å². The van der Waals surface area contributed by atoms with Crippen LogP contribution in [0.2, 0.25) is 0 Å². The molecule has 0 heterocycles. The number of halogens is 1. The number of methoxy groups -OCH3 is 1. The van der Waals surface area contributed by atoms with Crippen LogP contribution in [0, 0.1) is 5.82 Å². The lowest BCUT2D eigenvalue weighted by atomic mass is 10.0. The second-order valence-corrected chi connectivity index (χ2v) is 4.72. The van der Waals surface area contributed by atoms with Crippen LogP contribution < -0.4 is 10.1 Å². The van der Waals surface area contributed by atoms with Gasteiger partial charge in [0, 0.05) is 12.1 Å². The van der Waals surface area contributed by atoms with Crippen molar-refractivity contribution in [2.24, 2.45) is 0 Å². The Morgan fingerprint density at radius 1 is 1.15 bits per heavy atom. The van der Waals surface area contributed by atoms with Crippen LogP contribution in [0.3, 0.4) is 0 Å². The first-order chi connectivity index (χ1) is 9.74. The van der Waals surface area contributed by atoms with E-state index in [-0.39, 0.29) is 5.82 Å². The van der Waals surface area contributed by atoms with E-state index in [0.29, 0.717) is 12.1 Å². The van der Waals surface area contributed by atoms with E-state index in [0.717, 1.165) is 29.8 Å². The Hall–Kier alpha value is -1.87. The molecule has 0 aliphatic rings. The summed E-state index contributed by atoms with van der Waals surface area (Å²) in [6, 6.07) is 12.8. The van der Waals surface area contributed by atoms with Crippen LogP contribution in [0.15, 0.2) is 42.5 Å². The van der Waals surface area contributed by atoms with Gasteiger partial charge < -0.3 is 10.1 Å². The first-order valence-electron chi connectivity index (χ1n) is 6.88. The zero-order chi connectivity index (χ0) is 14.4. The van der Waals surface area contributed by atoms with Crippen LogP contribution in [0.4, 0.5) is 4.39 Å². The van der Waals surface area contributed by atoms with Crippen LogP contribution in [0.25, 0.3) is 11.1 Å². The van der Waals surface area contributed by atoms with Crippen molar-refractivity contribution in [1.29, 1.82) is 0 Å². The fourth-order valence-electron chi connectivity index (χ4n) is 2.10. The van der Waals surface area contributed by atoms with Gasteiger partial charge in [0.15, 0.2) is 0 Å². The van der Waals surface area contributed by atoms with E-state index in [2.05, 4.69) is 12.2 Å². The third kappa shape index (κ3) is 3.58. The lowest BCUT2D eigenvalue weighted by Crippen LogP contribution is -2.13. The largest absolute Gasteiger partial charge is 0.497 e. The number of ether oxygens (including phenoxy) is 1. The Morgan fingerprint density at radius 3 is 2.70 bits per heavy atom. The summed E-state index contributed by atoms with van der Waals surface area (Å²) in [5, 5.41) is 3.27. The molecule has 0 amide bonds. The van der Waals surface area contributed by atoms with Gasteiger partial charge in [0.25, 0.3) is 0 Å². The maximum Gasteiger partial charge on any atom is 0.131 e. The van der Waals surface area contributed by atoms with Gasteiger partial charge in [0.2, 0.25) is 0 Å². The highest BCUT2D eigenvalue weighted by atomic mass is 19.1. The summed E-state index contributed by atoms with van der Waals surface area (Å²) in [6.45, 7) is 3.75. The van der Waals surface area contributed by atoms with Gasteiger partial charge in [-0.2, -0.15) is 0 Å². The van der Waals surface area contributed by atoms with Gasteiger partial charge in [-0.15, -0.1) is 0 Å². The minimum Gasteiger partial charge on any atom is -0.497 e. The van der Waals surface area contributed by atoms with Crippen molar-refractivity contribution in [3.8, 4) is 16.9 Å². The number of nitrogens with one attached hydrogen (secondary N) is 1. The molecule has 0 spiro atoms. The highest BCUT2D eigenvalue weighted by Crippen LogP contribution is 2.26. The van der Waals surface area contributed by atoms with E-state index in [9.17, 15) is 4.39 Å². The zero-order valence-corrected chi connectivity index (χ0v) is 11.9. The Kier molecular flexibility index (Phi) is 5.13. The average molecular weight is 273 g/mol. The molecular formula is C17H20FNO. The van der Waals surface area contributed by atoms with Crippen LogP contribution in [-0.2, 0) is 6.54 Å². The van der Waals surface area contributed by atoms with Crippen molar-refractivity contribution in [3.63, 3.8) is 0 Å². The van der Waals surface area contributed by atoms with E-state index in [1.807, 2.05) is 36.4 Å². The molecule has 1 N–H and O–H groups in total. The Bertz CT molecular complexity index is 569. The summed E-state index contributed by atoms with van der Waals surface area (Å²) in [6.07, 6.45) is 1.07. The summed E-state index contributed by atoms with van der Waals surface area (Å²) >= 11 is 0. The molecule has 0 fully saturated rings. The van der Waals surface area contributed by atoms with Gasteiger partial charge in [0.05, 0.1) is 7.11 Å². The van der Waals surface area contributed by atoms with E-state index < -0.39 is 0 Å². The van der Waals surface area contributed by atoms with E-state index >= 15 is 0 Å². The van der Waals surface area contributed by atoms with Crippen LogP contribution in [0.1, 0.15) is 18.9 Å². The highest BCUT2D eigenvalue weighted by Gasteiger charge is 2.07. The second-order valence-electron chi connectivity index (χ2n) is 4.72. The molecule has 0 unspecified atom stereocenters. The molecular weight excluding hydrogens is 253 g/mol. The van der Waals surface area contributed by atoms with Crippen molar-refractivity contribution in [3.05, 3.63) is 53.8 Å². The predicted octanol–water partition coefficient (Wildman–Crippen LogP) is 4.00. The molecule has 2 aromatic carbocycles. The topological polar surface area (TPSA) is 21.3 Å². The minimum atomic E-state index is -0.200. The quantitative estimate of drug-likeness (QED) is 0.803. The first-order valence-corrected chi connectivity index (χ1v) is 6.88. The van der Waals surface area contributed by atoms with Gasteiger partial charge in [-0.25, -0.2) is 4.39 Å². The fourth-order valence-corrected chi connectivity index (χ4v) is 2.10. The van der Waals surface area contributed by atoms with Crippen molar-refractivity contribution in [2.45, 2.75) is 19.9 Å². The van der Waals surface area contributed by atoms with Crippen molar-refractivity contribution >= 4 is 0 Å². The average Bonchev–Trinajstić information content (AvgIpc) is 2.48. The molecule has 20 heavy (non-hydrogen) atoms. The fraction of sp³-hybridized carbons (Fsp3) is 0.294. The number of benzene rings is 2. The third-order valence-electron chi connectivity index (χ3n) is 3.17. The van der Waals surface area contributed by atoms with Gasteiger partial charge in [0.1, 0.15) is 11.6 Å². The second kappa shape index (κ2) is 7.06. The lowest BCUT2D eigenvalue weighted by molar-refractivity contribution is 0.415. The SMILES string of the molecule is CCCNCc1ccc(-c2cccc(OC)c2)c(F)c1. The maximum atomic E-state index is 14.2. The van der Waals surface area contributed by atoms with Crippen molar-refractivity contribution in [1.82, 2.24) is 5.32 Å². The number of rotatable bonds is 6. The molecule has 0 saturated heterocycles. The van der Waals surface area contributed by atoms with Gasteiger partial charge in [-0.3, -0.25) is 0 Å². The van der Waals surface area contributed by atoms with Gasteiger partial charge >= 0.3 is 0 Å². The maximum absolute atomic E-state index is 14.2. The standard InChI is InChI=1S/C17H20FNO/c1-3-9-19-12-13-7-8-16(17(18)10-13)14-5-4-6-15(11-14)20-2/h4-8,10-11,19H,3,9,12H2,1-2H3.